The summed E-state index contributed by atoms with van der Waals surface area (Å²) >= 11 is 1.86. The van der Waals surface area contributed by atoms with E-state index < -0.39 is 29.5 Å². The highest BCUT2D eigenvalue weighted by Crippen LogP contribution is 2.45. The maximum atomic E-state index is 13.4. The van der Waals surface area contributed by atoms with Crippen molar-refractivity contribution in [1.82, 2.24) is 19.8 Å². The van der Waals surface area contributed by atoms with Crippen LogP contribution < -0.4 is 10.6 Å². The first-order valence-electron chi connectivity index (χ1n) is 14.0. The number of amides is 2. The summed E-state index contributed by atoms with van der Waals surface area (Å²) in [6.07, 6.45) is 3.03. The Balaban J connectivity index is 1.04. The highest BCUT2D eigenvalue weighted by molar-refractivity contribution is 8.00. The first-order chi connectivity index (χ1) is 20.3. The Hall–Kier alpha value is -4.02. The predicted octanol–water partition coefficient (Wildman–Crippen LogP) is 5.44. The van der Waals surface area contributed by atoms with Crippen molar-refractivity contribution in [2.45, 2.75) is 48.8 Å². The van der Waals surface area contributed by atoms with Crippen molar-refractivity contribution in [3.05, 3.63) is 102 Å². The van der Waals surface area contributed by atoms with Gasteiger partial charge in [-0.3, -0.25) is 14.5 Å². The van der Waals surface area contributed by atoms with Crippen molar-refractivity contribution in [2.24, 2.45) is 0 Å². The Morgan fingerprint density at radius 2 is 1.76 bits per heavy atom. The van der Waals surface area contributed by atoms with E-state index in [4.69, 9.17) is 4.98 Å². The molecule has 0 unspecified atom stereocenters. The number of thioether (sulfide) groups is 1. The van der Waals surface area contributed by atoms with E-state index in [1.165, 1.54) is 5.56 Å². The molecule has 4 aromatic rings. The minimum absolute atomic E-state index is 0.195. The number of aromatic nitrogens is 2. The fourth-order valence-electron chi connectivity index (χ4n) is 5.57. The molecule has 2 amide bonds. The average molecular weight is 588 g/mol. The molecule has 3 aromatic carbocycles. The molecule has 2 N–H and O–H groups in total. The zero-order chi connectivity index (χ0) is 29.2. The SMILES string of the molecule is C[C@H](NC(=O)Cc1cc(F)cc(F)c1)C(=O)Nc1ccc(-c2cn3c(n2)S[C@@H]2CCN(Cc4ccccc4)C[C@@H]23)cc1. The molecule has 216 valence electrons. The summed E-state index contributed by atoms with van der Waals surface area (Å²) < 4.78 is 29.1. The van der Waals surface area contributed by atoms with Crippen LogP contribution in [0.1, 0.15) is 30.5 Å². The molecule has 3 heterocycles. The van der Waals surface area contributed by atoms with E-state index in [1.54, 1.807) is 19.1 Å². The van der Waals surface area contributed by atoms with Gasteiger partial charge in [0.2, 0.25) is 11.8 Å². The van der Waals surface area contributed by atoms with Gasteiger partial charge in [0.1, 0.15) is 17.7 Å². The molecule has 1 aromatic heterocycles. The molecule has 0 saturated carbocycles. The maximum Gasteiger partial charge on any atom is 0.246 e. The van der Waals surface area contributed by atoms with Crippen LogP contribution in [-0.2, 0) is 22.6 Å². The van der Waals surface area contributed by atoms with Crippen LogP contribution in [0.3, 0.4) is 0 Å². The molecule has 10 heteroatoms. The number of carbonyl (C=O) groups excluding carboxylic acids is 2. The first kappa shape index (κ1) is 28.1. The van der Waals surface area contributed by atoms with Gasteiger partial charge in [-0.25, -0.2) is 13.8 Å². The minimum atomic E-state index is -0.839. The lowest BCUT2D eigenvalue weighted by Crippen LogP contribution is -2.42. The number of hydrogen-bond acceptors (Lipinski definition) is 5. The van der Waals surface area contributed by atoms with Gasteiger partial charge in [0, 0.05) is 41.9 Å². The molecular formula is C32H31F2N5O2S. The van der Waals surface area contributed by atoms with Crippen LogP contribution in [0.4, 0.5) is 14.5 Å². The van der Waals surface area contributed by atoms with Gasteiger partial charge in [0.25, 0.3) is 0 Å². The van der Waals surface area contributed by atoms with E-state index in [0.717, 1.165) is 60.7 Å². The molecule has 0 bridgehead atoms. The van der Waals surface area contributed by atoms with E-state index in [0.29, 0.717) is 17.0 Å². The van der Waals surface area contributed by atoms with Crippen molar-refractivity contribution in [2.75, 3.05) is 18.4 Å². The van der Waals surface area contributed by atoms with Gasteiger partial charge in [0.05, 0.1) is 18.2 Å². The van der Waals surface area contributed by atoms with Crippen molar-refractivity contribution in [3.63, 3.8) is 0 Å². The molecule has 3 atom stereocenters. The summed E-state index contributed by atoms with van der Waals surface area (Å²) in [5, 5.41) is 6.96. The Bertz CT molecular complexity index is 1570. The van der Waals surface area contributed by atoms with E-state index >= 15 is 0 Å². The van der Waals surface area contributed by atoms with E-state index in [2.05, 4.69) is 50.6 Å². The molecule has 7 nitrogen and oxygen atoms in total. The van der Waals surface area contributed by atoms with Crippen LogP contribution in [0.5, 0.6) is 0 Å². The smallest absolute Gasteiger partial charge is 0.246 e. The van der Waals surface area contributed by atoms with Gasteiger partial charge in [-0.05, 0) is 55.3 Å². The topological polar surface area (TPSA) is 79.3 Å². The summed E-state index contributed by atoms with van der Waals surface area (Å²) in [7, 11) is 0. The number of anilines is 1. The second-order valence-corrected chi connectivity index (χ2v) is 12.1. The minimum Gasteiger partial charge on any atom is -0.344 e. The molecule has 2 aliphatic heterocycles. The number of nitrogens with one attached hydrogen (secondary N) is 2. The van der Waals surface area contributed by atoms with Crippen LogP contribution in [-0.4, -0.2) is 50.6 Å². The third-order valence-electron chi connectivity index (χ3n) is 7.67. The van der Waals surface area contributed by atoms with Gasteiger partial charge in [-0.1, -0.05) is 54.2 Å². The highest BCUT2D eigenvalue weighted by atomic mass is 32.2. The quantitative estimate of drug-likeness (QED) is 0.287. The second kappa shape index (κ2) is 12.1. The standard InChI is InChI=1S/C32H31F2N5O2S/c1-20(35-30(40)15-22-13-24(33)16-25(34)14-22)31(41)36-26-9-7-23(8-10-26)27-18-39-28-19-38(17-21-5-3-2-4-6-21)12-11-29(28)42-32(39)37-27/h2-10,13-14,16,18,20,28-29H,11-12,15,17,19H2,1H3,(H,35,40)(H,36,41)/t20-,28-,29+/m0/s1. The van der Waals surface area contributed by atoms with Gasteiger partial charge >= 0.3 is 0 Å². The number of nitrogens with zero attached hydrogens (tertiary/aromatic N) is 3. The summed E-state index contributed by atoms with van der Waals surface area (Å²) in [4.78, 5) is 32.4. The fourth-order valence-corrected chi connectivity index (χ4v) is 6.90. The zero-order valence-corrected chi connectivity index (χ0v) is 23.9. The molecular weight excluding hydrogens is 556 g/mol. The maximum absolute atomic E-state index is 13.4. The van der Waals surface area contributed by atoms with E-state index in [-0.39, 0.29) is 12.0 Å². The number of rotatable bonds is 8. The number of imidazole rings is 1. The number of fused-ring (bicyclic) bond motifs is 3. The van der Waals surface area contributed by atoms with Crippen LogP contribution in [0.2, 0.25) is 0 Å². The number of carbonyl (C=O) groups is 2. The number of benzene rings is 3. The Labute approximate surface area is 247 Å². The lowest BCUT2D eigenvalue weighted by molar-refractivity contribution is -0.125. The van der Waals surface area contributed by atoms with Crippen LogP contribution in [0.25, 0.3) is 11.3 Å². The Kier molecular flexibility index (Phi) is 8.08. The molecule has 2 aliphatic rings. The van der Waals surface area contributed by atoms with Crippen molar-refractivity contribution < 1.29 is 18.4 Å². The average Bonchev–Trinajstić information content (AvgIpc) is 3.52. The van der Waals surface area contributed by atoms with E-state index in [9.17, 15) is 18.4 Å². The second-order valence-electron chi connectivity index (χ2n) is 10.9. The van der Waals surface area contributed by atoms with Crippen LogP contribution >= 0.6 is 11.8 Å². The third kappa shape index (κ3) is 6.39. The predicted molar refractivity (Wildman–Crippen MR) is 159 cm³/mol. The first-order valence-corrected chi connectivity index (χ1v) is 14.9. The lowest BCUT2D eigenvalue weighted by atomic mass is 10.0. The van der Waals surface area contributed by atoms with E-state index in [1.807, 2.05) is 30.0 Å². The molecule has 0 aliphatic carbocycles. The van der Waals surface area contributed by atoms with Crippen molar-refractivity contribution >= 4 is 29.3 Å². The molecule has 1 fully saturated rings. The molecule has 0 radical (unpaired) electrons. The highest BCUT2D eigenvalue weighted by Gasteiger charge is 2.38. The van der Waals surface area contributed by atoms with Gasteiger partial charge in [-0.15, -0.1) is 0 Å². The number of likely N-dealkylation sites (tertiary alicyclic amines) is 1. The van der Waals surface area contributed by atoms with Crippen molar-refractivity contribution in [1.29, 1.82) is 0 Å². The summed E-state index contributed by atoms with van der Waals surface area (Å²) in [5.74, 6) is -2.42. The summed E-state index contributed by atoms with van der Waals surface area (Å²) in [5.41, 5.74) is 3.95. The Morgan fingerprint density at radius 3 is 2.50 bits per heavy atom. The van der Waals surface area contributed by atoms with Gasteiger partial charge in [0.15, 0.2) is 5.16 Å². The van der Waals surface area contributed by atoms with Crippen LogP contribution in [0, 0.1) is 11.6 Å². The van der Waals surface area contributed by atoms with Gasteiger partial charge < -0.3 is 15.2 Å². The third-order valence-corrected chi connectivity index (χ3v) is 9.04. The normalized spacial score (nSPS) is 18.6. The van der Waals surface area contributed by atoms with Crippen LogP contribution in [0.15, 0.2) is 84.1 Å². The molecule has 42 heavy (non-hydrogen) atoms. The molecule has 0 spiro atoms. The zero-order valence-electron chi connectivity index (χ0n) is 23.1. The number of hydrogen-bond donors (Lipinski definition) is 2. The van der Waals surface area contributed by atoms with Gasteiger partial charge in [-0.2, -0.15) is 0 Å². The fraction of sp³-hybridized carbons (Fsp3) is 0.281. The monoisotopic (exact) mass is 587 g/mol. The molecule has 6 rings (SSSR count). The molecule has 1 saturated heterocycles. The number of halogens is 2. The number of piperidine rings is 1. The summed E-state index contributed by atoms with van der Waals surface area (Å²) in [6, 6.07) is 20.5. The lowest BCUT2D eigenvalue weighted by Gasteiger charge is -2.35. The largest absolute Gasteiger partial charge is 0.344 e. The summed E-state index contributed by atoms with van der Waals surface area (Å²) in [6.45, 7) is 4.59. The Morgan fingerprint density at radius 1 is 1.02 bits per heavy atom. The van der Waals surface area contributed by atoms with Crippen molar-refractivity contribution in [3.8, 4) is 11.3 Å².